The van der Waals surface area contributed by atoms with Crippen molar-refractivity contribution in [3.63, 3.8) is 0 Å². The van der Waals surface area contributed by atoms with Crippen molar-refractivity contribution in [2.24, 2.45) is 0 Å². The molecule has 17 heavy (non-hydrogen) atoms. The summed E-state index contributed by atoms with van der Waals surface area (Å²) < 4.78 is 1.56. The van der Waals surface area contributed by atoms with Crippen molar-refractivity contribution in [2.45, 2.75) is 6.92 Å². The highest BCUT2D eigenvalue weighted by Crippen LogP contribution is 2.16. The van der Waals surface area contributed by atoms with Crippen molar-refractivity contribution in [1.29, 1.82) is 0 Å². The molecule has 5 nitrogen and oxygen atoms in total. The first-order valence-corrected chi connectivity index (χ1v) is 5.34. The van der Waals surface area contributed by atoms with Crippen LogP contribution in [-0.4, -0.2) is 27.4 Å². The molecule has 1 aromatic heterocycles. The smallest absolute Gasteiger partial charge is 0.341 e. The van der Waals surface area contributed by atoms with E-state index in [0.717, 1.165) is 5.69 Å². The fourth-order valence-corrected chi connectivity index (χ4v) is 1.54. The number of rotatable bonds is 4. The summed E-state index contributed by atoms with van der Waals surface area (Å²) in [5.74, 6) is -0.591. The van der Waals surface area contributed by atoms with Gasteiger partial charge in [0.05, 0.1) is 5.69 Å². The van der Waals surface area contributed by atoms with Crippen LogP contribution in [0.2, 0.25) is 0 Å². The van der Waals surface area contributed by atoms with Gasteiger partial charge in [-0.25, -0.2) is 9.48 Å². The molecule has 88 valence electrons. The van der Waals surface area contributed by atoms with Crippen LogP contribution in [0.3, 0.4) is 0 Å². The minimum absolute atomic E-state index is 0.177. The molecule has 0 saturated carbocycles. The molecule has 0 aliphatic rings. The Morgan fingerprint density at radius 3 is 2.71 bits per heavy atom. The van der Waals surface area contributed by atoms with Gasteiger partial charge < -0.3 is 10.4 Å². The number of carboxylic acid groups (broad SMARTS) is 1. The lowest BCUT2D eigenvalue weighted by Gasteiger charge is -2.00. The Kier molecular flexibility index (Phi) is 3.09. The molecule has 0 amide bonds. The van der Waals surface area contributed by atoms with Crippen LogP contribution in [0.5, 0.6) is 0 Å². The minimum Gasteiger partial charge on any atom is -0.477 e. The number of benzene rings is 1. The molecule has 0 atom stereocenters. The number of carboxylic acids is 1. The van der Waals surface area contributed by atoms with Gasteiger partial charge in [0.1, 0.15) is 5.56 Å². The van der Waals surface area contributed by atoms with Crippen LogP contribution >= 0.6 is 0 Å². The van der Waals surface area contributed by atoms with Gasteiger partial charge in [-0.2, -0.15) is 0 Å². The SMILES string of the molecule is CCNc1nn(-c2ccccc2)cc1C(=O)O. The zero-order valence-electron chi connectivity index (χ0n) is 9.42. The van der Waals surface area contributed by atoms with Gasteiger partial charge in [0.25, 0.3) is 0 Å². The normalized spacial score (nSPS) is 10.2. The van der Waals surface area contributed by atoms with Gasteiger partial charge in [-0.1, -0.05) is 18.2 Å². The molecule has 0 bridgehead atoms. The van der Waals surface area contributed by atoms with E-state index in [4.69, 9.17) is 5.11 Å². The lowest BCUT2D eigenvalue weighted by Crippen LogP contribution is -2.04. The zero-order valence-corrected chi connectivity index (χ0v) is 9.42. The molecule has 2 aromatic rings. The van der Waals surface area contributed by atoms with Crippen molar-refractivity contribution in [3.05, 3.63) is 42.1 Å². The number of hydrogen-bond donors (Lipinski definition) is 2. The summed E-state index contributed by atoms with van der Waals surface area (Å²) in [5.41, 5.74) is 1.01. The average Bonchev–Trinajstić information content (AvgIpc) is 2.75. The first-order valence-electron chi connectivity index (χ1n) is 5.34. The largest absolute Gasteiger partial charge is 0.477 e. The van der Waals surface area contributed by atoms with E-state index in [1.54, 1.807) is 4.68 Å². The number of aromatic carboxylic acids is 1. The van der Waals surface area contributed by atoms with Crippen molar-refractivity contribution < 1.29 is 9.90 Å². The number of para-hydroxylation sites is 1. The van der Waals surface area contributed by atoms with Gasteiger partial charge >= 0.3 is 5.97 Å². The number of carbonyl (C=O) groups is 1. The van der Waals surface area contributed by atoms with E-state index in [9.17, 15) is 4.79 Å². The van der Waals surface area contributed by atoms with E-state index in [-0.39, 0.29) is 5.56 Å². The summed E-state index contributed by atoms with van der Waals surface area (Å²) in [5, 5.41) is 16.2. The highest BCUT2D eigenvalue weighted by Gasteiger charge is 2.15. The van der Waals surface area contributed by atoms with Gasteiger partial charge in [-0.05, 0) is 19.1 Å². The number of aromatic nitrogens is 2. The van der Waals surface area contributed by atoms with E-state index in [1.165, 1.54) is 6.20 Å². The quantitative estimate of drug-likeness (QED) is 0.844. The Morgan fingerprint density at radius 2 is 2.12 bits per heavy atom. The Morgan fingerprint density at radius 1 is 1.41 bits per heavy atom. The monoisotopic (exact) mass is 231 g/mol. The van der Waals surface area contributed by atoms with Crippen molar-refractivity contribution >= 4 is 11.8 Å². The molecule has 0 aliphatic carbocycles. The number of hydrogen-bond acceptors (Lipinski definition) is 3. The van der Waals surface area contributed by atoms with Crippen LogP contribution in [0.1, 0.15) is 17.3 Å². The third-order valence-electron chi connectivity index (χ3n) is 2.31. The summed E-state index contributed by atoms with van der Waals surface area (Å²) in [6.45, 7) is 2.53. The van der Waals surface area contributed by atoms with Gasteiger partial charge in [-0.15, -0.1) is 5.10 Å². The van der Waals surface area contributed by atoms with Crippen molar-refractivity contribution in [2.75, 3.05) is 11.9 Å². The van der Waals surface area contributed by atoms with Crippen LogP contribution in [-0.2, 0) is 0 Å². The maximum atomic E-state index is 11.0. The summed E-state index contributed by atoms with van der Waals surface area (Å²) >= 11 is 0. The van der Waals surface area contributed by atoms with E-state index in [1.807, 2.05) is 37.3 Å². The van der Waals surface area contributed by atoms with E-state index >= 15 is 0 Å². The Balaban J connectivity index is 2.44. The van der Waals surface area contributed by atoms with Crippen molar-refractivity contribution in [1.82, 2.24) is 9.78 Å². The van der Waals surface area contributed by atoms with Crippen molar-refractivity contribution in [3.8, 4) is 5.69 Å². The maximum Gasteiger partial charge on any atom is 0.341 e. The number of anilines is 1. The second-order valence-corrected chi connectivity index (χ2v) is 3.51. The fraction of sp³-hybridized carbons (Fsp3) is 0.167. The molecule has 0 fully saturated rings. The fourth-order valence-electron chi connectivity index (χ4n) is 1.54. The lowest BCUT2D eigenvalue weighted by molar-refractivity contribution is 0.0698. The topological polar surface area (TPSA) is 67.2 Å². The van der Waals surface area contributed by atoms with Gasteiger partial charge in [-0.3, -0.25) is 0 Å². The third-order valence-corrected chi connectivity index (χ3v) is 2.31. The van der Waals surface area contributed by atoms with Gasteiger partial charge in [0, 0.05) is 12.7 Å². The van der Waals surface area contributed by atoms with Crippen LogP contribution in [0.4, 0.5) is 5.82 Å². The highest BCUT2D eigenvalue weighted by atomic mass is 16.4. The minimum atomic E-state index is -0.983. The Hall–Kier alpha value is -2.30. The second kappa shape index (κ2) is 4.69. The predicted molar refractivity (Wildman–Crippen MR) is 64.7 cm³/mol. The summed E-state index contributed by atoms with van der Waals surface area (Å²) in [6, 6.07) is 9.40. The molecular weight excluding hydrogens is 218 g/mol. The van der Waals surface area contributed by atoms with E-state index < -0.39 is 5.97 Å². The molecule has 2 rings (SSSR count). The number of nitrogens with zero attached hydrogens (tertiary/aromatic N) is 2. The van der Waals surface area contributed by atoms with E-state index in [2.05, 4.69) is 10.4 Å². The standard InChI is InChI=1S/C12H13N3O2/c1-2-13-11-10(12(16)17)8-15(14-11)9-6-4-3-5-7-9/h3-8H,2H2,1H3,(H,13,14)(H,16,17). The number of nitrogens with one attached hydrogen (secondary N) is 1. The maximum absolute atomic E-state index is 11.0. The van der Waals surface area contributed by atoms with E-state index in [0.29, 0.717) is 12.4 Å². The molecule has 2 N–H and O–H groups in total. The summed E-state index contributed by atoms with van der Waals surface area (Å²) in [4.78, 5) is 11.0. The lowest BCUT2D eigenvalue weighted by atomic mass is 10.3. The Bertz CT molecular complexity index is 520. The molecule has 0 unspecified atom stereocenters. The molecule has 5 heteroatoms. The molecule has 0 radical (unpaired) electrons. The second-order valence-electron chi connectivity index (χ2n) is 3.51. The molecule has 0 spiro atoms. The molecule has 0 saturated heterocycles. The third kappa shape index (κ3) is 2.28. The average molecular weight is 231 g/mol. The van der Waals surface area contributed by atoms with Gasteiger partial charge in [0.2, 0.25) is 0 Å². The molecule has 1 aromatic carbocycles. The predicted octanol–water partition coefficient (Wildman–Crippen LogP) is 2.00. The van der Waals surface area contributed by atoms with Crippen LogP contribution in [0, 0.1) is 0 Å². The van der Waals surface area contributed by atoms with Crippen LogP contribution in [0.15, 0.2) is 36.5 Å². The Labute approximate surface area is 98.7 Å². The summed E-state index contributed by atoms with van der Waals surface area (Å²) in [6.07, 6.45) is 1.51. The summed E-state index contributed by atoms with van der Waals surface area (Å²) in [7, 11) is 0. The first kappa shape index (κ1) is 11.2. The van der Waals surface area contributed by atoms with Crippen LogP contribution in [0.25, 0.3) is 5.69 Å². The molecular formula is C12H13N3O2. The highest BCUT2D eigenvalue weighted by molar-refractivity contribution is 5.93. The molecule has 0 aliphatic heterocycles. The molecule has 1 heterocycles. The van der Waals surface area contributed by atoms with Gasteiger partial charge in [0.15, 0.2) is 5.82 Å². The first-order chi connectivity index (χ1) is 8.22. The zero-order chi connectivity index (χ0) is 12.3. The van der Waals surface area contributed by atoms with Crippen LogP contribution < -0.4 is 5.32 Å².